The largest absolute Gasteiger partial charge is 0.389 e. The van der Waals surface area contributed by atoms with Gasteiger partial charge in [0.15, 0.2) is 0 Å². The van der Waals surface area contributed by atoms with Crippen LogP contribution >= 0.6 is 12.2 Å². The van der Waals surface area contributed by atoms with Gasteiger partial charge in [0.2, 0.25) is 0 Å². The number of aromatic nitrogens is 1. The quantitative estimate of drug-likeness (QED) is 0.821. The fraction of sp³-hybridized carbons (Fsp3) is 0.200. The molecule has 2 aromatic rings. The van der Waals surface area contributed by atoms with E-state index in [1.165, 1.54) is 11.1 Å². The van der Waals surface area contributed by atoms with E-state index < -0.39 is 0 Å². The number of thiocarbonyl (C=S) groups is 1. The van der Waals surface area contributed by atoms with Crippen LogP contribution < -0.4 is 11.1 Å². The van der Waals surface area contributed by atoms with Crippen molar-refractivity contribution in [3.8, 4) is 0 Å². The van der Waals surface area contributed by atoms with Gasteiger partial charge in [-0.25, -0.2) is 4.98 Å². The Morgan fingerprint density at radius 3 is 2.53 bits per heavy atom. The minimum atomic E-state index is 0.358. The van der Waals surface area contributed by atoms with Crippen LogP contribution in [0.3, 0.4) is 0 Å². The number of benzene rings is 1. The molecule has 2 rings (SSSR count). The lowest BCUT2D eigenvalue weighted by atomic mass is 10.1. The lowest BCUT2D eigenvalue weighted by molar-refractivity contribution is 1.09. The molecular formula is C15H17N3S. The average Bonchev–Trinajstić information content (AvgIpc) is 2.46. The van der Waals surface area contributed by atoms with Crippen molar-refractivity contribution in [1.29, 1.82) is 0 Å². The molecule has 0 atom stereocenters. The second-order valence-electron chi connectivity index (χ2n) is 4.29. The average molecular weight is 271 g/mol. The molecule has 3 nitrogen and oxygen atoms in total. The highest BCUT2D eigenvalue weighted by Crippen LogP contribution is 2.13. The van der Waals surface area contributed by atoms with Gasteiger partial charge in [-0.1, -0.05) is 43.4 Å². The van der Waals surface area contributed by atoms with Gasteiger partial charge in [-0.3, -0.25) is 0 Å². The Hall–Kier alpha value is -1.94. The Balaban J connectivity index is 2.07. The molecule has 0 unspecified atom stereocenters. The number of aryl methyl sites for hydroxylation is 1. The molecule has 0 aliphatic heterocycles. The fourth-order valence-corrected chi connectivity index (χ4v) is 1.99. The molecule has 3 N–H and O–H groups in total. The summed E-state index contributed by atoms with van der Waals surface area (Å²) in [5, 5.41) is 3.27. The second kappa shape index (κ2) is 6.29. The first-order chi connectivity index (χ1) is 9.20. The smallest absolute Gasteiger partial charge is 0.136 e. The molecular weight excluding hydrogens is 254 g/mol. The zero-order chi connectivity index (χ0) is 13.7. The van der Waals surface area contributed by atoms with Crippen LogP contribution in [0.4, 0.5) is 5.82 Å². The summed E-state index contributed by atoms with van der Waals surface area (Å²) in [5.74, 6) is 0.731. The minimum absolute atomic E-state index is 0.358. The summed E-state index contributed by atoms with van der Waals surface area (Å²) in [6.07, 6.45) is 2.78. The third kappa shape index (κ3) is 3.51. The molecule has 4 heteroatoms. The monoisotopic (exact) mass is 271 g/mol. The molecule has 0 amide bonds. The number of anilines is 1. The van der Waals surface area contributed by atoms with Crippen molar-refractivity contribution in [3.63, 3.8) is 0 Å². The van der Waals surface area contributed by atoms with Gasteiger partial charge in [0.1, 0.15) is 10.8 Å². The third-order valence-corrected chi connectivity index (χ3v) is 3.18. The summed E-state index contributed by atoms with van der Waals surface area (Å²) in [5.41, 5.74) is 9.00. The summed E-state index contributed by atoms with van der Waals surface area (Å²) >= 11 is 5.01. The van der Waals surface area contributed by atoms with Crippen LogP contribution in [0.25, 0.3) is 0 Å². The van der Waals surface area contributed by atoms with Crippen LogP contribution in [0.5, 0.6) is 0 Å². The molecule has 1 aromatic carbocycles. The summed E-state index contributed by atoms with van der Waals surface area (Å²) in [6, 6.07) is 12.2. The van der Waals surface area contributed by atoms with Crippen molar-refractivity contribution < 1.29 is 0 Å². The first-order valence-electron chi connectivity index (χ1n) is 6.27. The van der Waals surface area contributed by atoms with Gasteiger partial charge in [-0.2, -0.15) is 0 Å². The summed E-state index contributed by atoms with van der Waals surface area (Å²) in [4.78, 5) is 4.63. The number of nitrogens with one attached hydrogen (secondary N) is 1. The molecule has 0 aliphatic carbocycles. The van der Waals surface area contributed by atoms with Crippen LogP contribution in [-0.4, -0.2) is 9.97 Å². The van der Waals surface area contributed by atoms with Gasteiger partial charge in [-0.05, 0) is 29.7 Å². The van der Waals surface area contributed by atoms with Gasteiger partial charge < -0.3 is 11.1 Å². The van der Waals surface area contributed by atoms with Crippen molar-refractivity contribution in [2.75, 3.05) is 5.32 Å². The van der Waals surface area contributed by atoms with Crippen molar-refractivity contribution >= 4 is 23.0 Å². The Labute approximate surface area is 118 Å². The zero-order valence-corrected chi connectivity index (χ0v) is 11.7. The lowest BCUT2D eigenvalue weighted by Gasteiger charge is -2.10. The topological polar surface area (TPSA) is 50.9 Å². The van der Waals surface area contributed by atoms with Gasteiger partial charge in [0.05, 0.1) is 5.56 Å². The standard InChI is InChI=1S/C15H17N3S/c1-2-11-5-7-12(8-6-11)10-18-15-13(14(16)19)4-3-9-17-15/h3-9H,2,10H2,1H3,(H2,16,19)(H,17,18). The van der Waals surface area contributed by atoms with Crippen LogP contribution in [-0.2, 0) is 13.0 Å². The Morgan fingerprint density at radius 1 is 1.21 bits per heavy atom. The first-order valence-corrected chi connectivity index (χ1v) is 6.68. The van der Waals surface area contributed by atoms with E-state index in [9.17, 15) is 0 Å². The van der Waals surface area contributed by atoms with Gasteiger partial charge in [0.25, 0.3) is 0 Å². The maximum atomic E-state index is 5.67. The zero-order valence-electron chi connectivity index (χ0n) is 10.9. The highest BCUT2D eigenvalue weighted by molar-refractivity contribution is 7.80. The Kier molecular flexibility index (Phi) is 4.47. The Morgan fingerprint density at radius 2 is 1.89 bits per heavy atom. The van der Waals surface area contributed by atoms with E-state index in [0.29, 0.717) is 11.5 Å². The molecule has 0 bridgehead atoms. The second-order valence-corrected chi connectivity index (χ2v) is 4.73. The number of nitrogens with zero attached hydrogens (tertiary/aromatic N) is 1. The Bertz CT molecular complexity index is 564. The van der Waals surface area contributed by atoms with Crippen molar-refractivity contribution in [2.24, 2.45) is 5.73 Å². The molecule has 0 saturated carbocycles. The summed E-state index contributed by atoms with van der Waals surface area (Å²) in [7, 11) is 0. The molecule has 98 valence electrons. The number of hydrogen-bond acceptors (Lipinski definition) is 3. The molecule has 0 spiro atoms. The molecule has 0 aliphatic rings. The maximum absolute atomic E-state index is 5.67. The van der Waals surface area contributed by atoms with Crippen LogP contribution in [0, 0.1) is 0 Å². The number of pyridine rings is 1. The number of rotatable bonds is 5. The molecule has 0 radical (unpaired) electrons. The molecule has 1 heterocycles. The van der Waals surface area contributed by atoms with E-state index in [-0.39, 0.29) is 0 Å². The molecule has 19 heavy (non-hydrogen) atoms. The first kappa shape index (κ1) is 13.5. The fourth-order valence-electron chi connectivity index (χ4n) is 1.82. The van der Waals surface area contributed by atoms with E-state index in [2.05, 4.69) is 41.5 Å². The predicted octanol–water partition coefficient (Wildman–Crippen LogP) is 2.89. The SMILES string of the molecule is CCc1ccc(CNc2ncccc2C(N)=S)cc1. The van der Waals surface area contributed by atoms with Gasteiger partial charge in [-0.15, -0.1) is 0 Å². The van der Waals surface area contributed by atoms with Crippen molar-refractivity contribution in [1.82, 2.24) is 4.98 Å². The van der Waals surface area contributed by atoms with E-state index in [4.69, 9.17) is 18.0 Å². The van der Waals surface area contributed by atoms with Crippen LogP contribution in [0.2, 0.25) is 0 Å². The third-order valence-electron chi connectivity index (χ3n) is 2.96. The van der Waals surface area contributed by atoms with Crippen molar-refractivity contribution in [3.05, 3.63) is 59.3 Å². The molecule has 0 saturated heterocycles. The molecule has 1 aromatic heterocycles. The highest BCUT2D eigenvalue weighted by atomic mass is 32.1. The predicted molar refractivity (Wildman–Crippen MR) is 83.3 cm³/mol. The van der Waals surface area contributed by atoms with E-state index in [1.807, 2.05) is 12.1 Å². The lowest BCUT2D eigenvalue weighted by Crippen LogP contribution is -2.14. The highest BCUT2D eigenvalue weighted by Gasteiger charge is 2.05. The van der Waals surface area contributed by atoms with Gasteiger partial charge >= 0.3 is 0 Å². The normalized spacial score (nSPS) is 10.2. The maximum Gasteiger partial charge on any atom is 0.136 e. The number of nitrogens with two attached hydrogens (primary N) is 1. The van der Waals surface area contributed by atoms with Crippen LogP contribution in [0.1, 0.15) is 23.6 Å². The van der Waals surface area contributed by atoms with E-state index >= 15 is 0 Å². The van der Waals surface area contributed by atoms with Crippen LogP contribution in [0.15, 0.2) is 42.6 Å². The molecule has 0 fully saturated rings. The summed E-state index contributed by atoms with van der Waals surface area (Å²) < 4.78 is 0. The van der Waals surface area contributed by atoms with E-state index in [1.54, 1.807) is 6.20 Å². The van der Waals surface area contributed by atoms with E-state index in [0.717, 1.165) is 17.8 Å². The van der Waals surface area contributed by atoms with Crippen molar-refractivity contribution in [2.45, 2.75) is 19.9 Å². The minimum Gasteiger partial charge on any atom is -0.389 e. The van der Waals surface area contributed by atoms with Gasteiger partial charge in [0, 0.05) is 12.7 Å². The number of hydrogen-bond donors (Lipinski definition) is 2. The summed E-state index contributed by atoms with van der Waals surface area (Å²) in [6.45, 7) is 2.85.